The fraction of sp³-hybridized carbons (Fsp3) is 0.385. The van der Waals surface area contributed by atoms with E-state index in [-0.39, 0.29) is 12.4 Å². The number of carbonyl (C=O) groups is 2. The maximum absolute atomic E-state index is 11.7. The van der Waals surface area contributed by atoms with Crippen LogP contribution in [0.4, 0.5) is 0 Å². The summed E-state index contributed by atoms with van der Waals surface area (Å²) in [6.07, 6.45) is 0.386. The highest BCUT2D eigenvalue weighted by atomic mass is 79.9. The van der Waals surface area contributed by atoms with Crippen LogP contribution in [0.25, 0.3) is 0 Å². The Morgan fingerprint density at radius 3 is 2.61 bits per heavy atom. The summed E-state index contributed by atoms with van der Waals surface area (Å²) < 4.78 is 10.9. The van der Waals surface area contributed by atoms with Crippen molar-refractivity contribution < 1.29 is 19.1 Å². The SMILES string of the molecule is CCOC(=O)COc1cc(Br)ccc1C(=O)CC. The van der Waals surface area contributed by atoms with E-state index in [4.69, 9.17) is 9.47 Å². The van der Waals surface area contributed by atoms with Crippen molar-refractivity contribution in [1.82, 2.24) is 0 Å². The molecule has 0 atom stereocenters. The van der Waals surface area contributed by atoms with Gasteiger partial charge in [0.1, 0.15) is 5.75 Å². The highest BCUT2D eigenvalue weighted by Gasteiger charge is 2.13. The Morgan fingerprint density at radius 1 is 1.28 bits per heavy atom. The van der Waals surface area contributed by atoms with Crippen LogP contribution in [0.5, 0.6) is 5.75 Å². The van der Waals surface area contributed by atoms with Gasteiger partial charge in [-0.1, -0.05) is 22.9 Å². The zero-order valence-corrected chi connectivity index (χ0v) is 12.0. The standard InChI is InChI=1S/C13H15BrO4/c1-3-11(15)10-6-5-9(14)7-12(10)18-8-13(16)17-4-2/h5-7H,3-4,8H2,1-2H3. The van der Waals surface area contributed by atoms with Gasteiger partial charge in [0, 0.05) is 10.9 Å². The van der Waals surface area contributed by atoms with Crippen molar-refractivity contribution in [3.63, 3.8) is 0 Å². The number of rotatable bonds is 6. The Morgan fingerprint density at radius 2 is 2.00 bits per heavy atom. The molecule has 0 aliphatic carbocycles. The molecule has 1 aromatic carbocycles. The van der Waals surface area contributed by atoms with Crippen LogP contribution >= 0.6 is 15.9 Å². The predicted molar refractivity (Wildman–Crippen MR) is 70.9 cm³/mol. The highest BCUT2D eigenvalue weighted by molar-refractivity contribution is 9.10. The number of carbonyl (C=O) groups excluding carboxylic acids is 2. The fourth-order valence-corrected chi connectivity index (χ4v) is 1.72. The number of hydrogen-bond donors (Lipinski definition) is 0. The van der Waals surface area contributed by atoms with Gasteiger partial charge in [-0.05, 0) is 25.1 Å². The number of halogens is 1. The average Bonchev–Trinajstić information content (AvgIpc) is 2.36. The largest absolute Gasteiger partial charge is 0.481 e. The lowest BCUT2D eigenvalue weighted by Crippen LogP contribution is -2.15. The third-order valence-electron chi connectivity index (χ3n) is 2.22. The number of esters is 1. The summed E-state index contributed by atoms with van der Waals surface area (Å²) in [4.78, 5) is 22.9. The summed E-state index contributed by atoms with van der Waals surface area (Å²) in [7, 11) is 0. The van der Waals surface area contributed by atoms with Gasteiger partial charge in [-0.25, -0.2) is 4.79 Å². The first-order valence-electron chi connectivity index (χ1n) is 5.69. The van der Waals surface area contributed by atoms with Gasteiger partial charge in [-0.3, -0.25) is 4.79 Å². The minimum absolute atomic E-state index is 0.0265. The molecule has 4 nitrogen and oxygen atoms in total. The van der Waals surface area contributed by atoms with Crippen LogP contribution in [0, 0.1) is 0 Å². The van der Waals surface area contributed by atoms with Gasteiger partial charge in [-0.15, -0.1) is 0 Å². The minimum Gasteiger partial charge on any atom is -0.481 e. The lowest BCUT2D eigenvalue weighted by molar-refractivity contribution is -0.145. The highest BCUT2D eigenvalue weighted by Crippen LogP contribution is 2.25. The van der Waals surface area contributed by atoms with Crippen molar-refractivity contribution in [2.24, 2.45) is 0 Å². The monoisotopic (exact) mass is 314 g/mol. The molecular weight excluding hydrogens is 300 g/mol. The molecule has 0 saturated heterocycles. The molecule has 0 radical (unpaired) electrons. The Labute approximate surface area is 114 Å². The van der Waals surface area contributed by atoms with Gasteiger partial charge < -0.3 is 9.47 Å². The third-order valence-corrected chi connectivity index (χ3v) is 2.71. The molecule has 5 heteroatoms. The van der Waals surface area contributed by atoms with E-state index >= 15 is 0 Å². The molecule has 0 heterocycles. The molecule has 0 aromatic heterocycles. The van der Waals surface area contributed by atoms with E-state index in [1.54, 1.807) is 32.0 Å². The Kier molecular flexibility index (Phi) is 5.85. The quantitative estimate of drug-likeness (QED) is 0.598. The zero-order valence-electron chi connectivity index (χ0n) is 10.4. The molecule has 0 saturated carbocycles. The van der Waals surface area contributed by atoms with E-state index in [2.05, 4.69) is 15.9 Å². The van der Waals surface area contributed by atoms with E-state index in [0.717, 1.165) is 4.47 Å². The molecule has 0 amide bonds. The van der Waals surface area contributed by atoms with Crippen LogP contribution in [-0.2, 0) is 9.53 Å². The first-order chi connectivity index (χ1) is 8.58. The van der Waals surface area contributed by atoms with E-state index in [9.17, 15) is 9.59 Å². The third kappa shape index (κ3) is 4.14. The molecule has 0 spiro atoms. The second kappa shape index (κ2) is 7.16. The predicted octanol–water partition coefficient (Wildman–Crippen LogP) is 2.98. The maximum atomic E-state index is 11.7. The van der Waals surface area contributed by atoms with Crippen LogP contribution in [0.2, 0.25) is 0 Å². The molecule has 0 bridgehead atoms. The Bertz CT molecular complexity index is 443. The normalized spacial score (nSPS) is 9.94. The van der Waals surface area contributed by atoms with E-state index in [1.807, 2.05) is 0 Å². The molecule has 1 rings (SSSR count). The summed E-state index contributed by atoms with van der Waals surface area (Å²) >= 11 is 3.30. The van der Waals surface area contributed by atoms with Gasteiger partial charge in [0.2, 0.25) is 0 Å². The van der Waals surface area contributed by atoms with Crippen LogP contribution in [0.15, 0.2) is 22.7 Å². The smallest absolute Gasteiger partial charge is 0.344 e. The maximum Gasteiger partial charge on any atom is 0.344 e. The van der Waals surface area contributed by atoms with Crippen molar-refractivity contribution in [2.75, 3.05) is 13.2 Å². The topological polar surface area (TPSA) is 52.6 Å². The molecule has 0 aliphatic heterocycles. The average molecular weight is 315 g/mol. The van der Waals surface area contributed by atoms with Crippen molar-refractivity contribution in [3.05, 3.63) is 28.2 Å². The first-order valence-corrected chi connectivity index (χ1v) is 6.49. The van der Waals surface area contributed by atoms with Crippen LogP contribution < -0.4 is 4.74 Å². The summed E-state index contributed by atoms with van der Waals surface area (Å²) in [6.45, 7) is 3.61. The number of ketones is 1. The lowest BCUT2D eigenvalue weighted by Gasteiger charge is -2.10. The number of Topliss-reactive ketones (excluding diaryl/α,β-unsaturated/α-hetero) is 1. The van der Waals surface area contributed by atoms with E-state index in [1.165, 1.54) is 0 Å². The molecule has 1 aromatic rings. The zero-order chi connectivity index (χ0) is 13.5. The number of benzene rings is 1. The van der Waals surface area contributed by atoms with Crippen molar-refractivity contribution in [3.8, 4) is 5.75 Å². The van der Waals surface area contributed by atoms with Gasteiger partial charge in [0.15, 0.2) is 12.4 Å². The van der Waals surface area contributed by atoms with Crippen LogP contribution in [0.1, 0.15) is 30.6 Å². The fourth-order valence-electron chi connectivity index (χ4n) is 1.38. The van der Waals surface area contributed by atoms with Crippen molar-refractivity contribution in [1.29, 1.82) is 0 Å². The van der Waals surface area contributed by atoms with E-state index < -0.39 is 5.97 Å². The van der Waals surface area contributed by atoms with Gasteiger partial charge in [0.05, 0.1) is 12.2 Å². The molecule has 0 fully saturated rings. The number of hydrogen-bond acceptors (Lipinski definition) is 4. The molecule has 98 valence electrons. The van der Waals surface area contributed by atoms with E-state index in [0.29, 0.717) is 24.3 Å². The van der Waals surface area contributed by atoms with Crippen molar-refractivity contribution >= 4 is 27.7 Å². The molecule has 0 N–H and O–H groups in total. The summed E-state index contributed by atoms with van der Waals surface area (Å²) in [5.74, 6) is -0.0852. The van der Waals surface area contributed by atoms with Crippen LogP contribution in [0.3, 0.4) is 0 Å². The van der Waals surface area contributed by atoms with Crippen LogP contribution in [-0.4, -0.2) is 25.0 Å². The summed E-state index contributed by atoms with van der Waals surface area (Å²) in [5, 5.41) is 0. The molecule has 18 heavy (non-hydrogen) atoms. The number of ether oxygens (including phenoxy) is 2. The molecule has 0 aliphatic rings. The second-order valence-electron chi connectivity index (χ2n) is 3.51. The lowest BCUT2D eigenvalue weighted by atomic mass is 10.1. The summed E-state index contributed by atoms with van der Waals surface area (Å²) in [5.41, 5.74) is 0.477. The Balaban J connectivity index is 2.82. The molecular formula is C13H15BrO4. The molecule has 0 unspecified atom stereocenters. The van der Waals surface area contributed by atoms with Gasteiger partial charge in [0.25, 0.3) is 0 Å². The summed E-state index contributed by atoms with van der Waals surface area (Å²) in [6, 6.07) is 5.11. The van der Waals surface area contributed by atoms with Gasteiger partial charge in [-0.2, -0.15) is 0 Å². The minimum atomic E-state index is -0.452. The Hall–Kier alpha value is -1.36. The first kappa shape index (κ1) is 14.7. The van der Waals surface area contributed by atoms with Gasteiger partial charge >= 0.3 is 5.97 Å². The second-order valence-corrected chi connectivity index (χ2v) is 4.43. The van der Waals surface area contributed by atoms with Crippen molar-refractivity contribution in [2.45, 2.75) is 20.3 Å².